The van der Waals surface area contributed by atoms with Crippen LogP contribution in [0.3, 0.4) is 0 Å². The Hall–Kier alpha value is -3.55. The molecule has 0 spiro atoms. The van der Waals surface area contributed by atoms with Gasteiger partial charge in [-0.2, -0.15) is 0 Å². The van der Waals surface area contributed by atoms with Gasteiger partial charge in [0, 0.05) is 12.5 Å². The quantitative estimate of drug-likeness (QED) is 0.746. The number of cyclic esters (lactones) is 1. The highest BCUT2D eigenvalue weighted by Crippen LogP contribution is 2.29. The van der Waals surface area contributed by atoms with Gasteiger partial charge in [0.2, 0.25) is 5.91 Å². The molecule has 0 bridgehead atoms. The molecule has 1 atom stereocenters. The van der Waals surface area contributed by atoms with E-state index >= 15 is 0 Å². The molecule has 1 saturated heterocycles. The van der Waals surface area contributed by atoms with Gasteiger partial charge in [-0.25, -0.2) is 9.18 Å². The maximum atomic E-state index is 14.8. The minimum atomic E-state index is -0.551. The zero-order valence-electron chi connectivity index (χ0n) is 16.5. The number of nitrogens with one attached hydrogen (secondary N) is 1. The normalized spacial score (nSPS) is 17.8. The number of anilines is 1. The zero-order chi connectivity index (χ0) is 21.1. The third kappa shape index (κ3) is 4.37. The highest BCUT2D eigenvalue weighted by atomic mass is 19.1. The molecular formula is C22H22FN4O3+. The Labute approximate surface area is 173 Å². The van der Waals surface area contributed by atoms with Crippen molar-refractivity contribution >= 4 is 30.2 Å². The average Bonchev–Trinajstić information content (AvgIpc) is 3.36. The maximum Gasteiger partial charge on any atom is 0.414 e. The summed E-state index contributed by atoms with van der Waals surface area (Å²) in [5.41, 5.74) is 2.76. The Morgan fingerprint density at radius 2 is 2.10 bits per heavy atom. The number of benzene rings is 2. The van der Waals surface area contributed by atoms with Crippen molar-refractivity contribution in [2.45, 2.75) is 19.6 Å². The smallest absolute Gasteiger partial charge is 0.414 e. The van der Waals surface area contributed by atoms with Crippen molar-refractivity contribution in [2.75, 3.05) is 24.5 Å². The lowest BCUT2D eigenvalue weighted by Crippen LogP contribution is -2.33. The Kier molecular flexibility index (Phi) is 5.56. The topological polar surface area (TPSA) is 74.0 Å². The van der Waals surface area contributed by atoms with Crippen LogP contribution >= 0.6 is 0 Å². The van der Waals surface area contributed by atoms with Gasteiger partial charge in [-0.1, -0.05) is 29.3 Å². The van der Waals surface area contributed by atoms with Crippen LogP contribution < -0.4 is 10.2 Å². The van der Waals surface area contributed by atoms with Crippen LogP contribution in [0.2, 0.25) is 0 Å². The van der Waals surface area contributed by atoms with E-state index < -0.39 is 18.0 Å². The van der Waals surface area contributed by atoms with Gasteiger partial charge in [0.25, 0.3) is 6.34 Å². The summed E-state index contributed by atoms with van der Waals surface area (Å²) in [6, 6.07) is 12.4. The summed E-state index contributed by atoms with van der Waals surface area (Å²) in [4.78, 5) is 28.6. The molecule has 0 aromatic heterocycles. The standard InChI is InChI=1S/C22H21FN4O3/c1-15(28)25-11-19-13-27(22(29)30-19)18-6-7-20(21(23)10-18)17-4-2-16(3-5-17)12-26-9-8-24-14-26/h2-8,10,14,19H,9,11-13H2,1H3/p+1/t19-/m0/s1. The molecule has 2 aliphatic heterocycles. The first-order valence-electron chi connectivity index (χ1n) is 9.70. The van der Waals surface area contributed by atoms with Crippen molar-refractivity contribution in [2.24, 2.45) is 4.99 Å². The number of halogens is 1. The average molecular weight is 409 g/mol. The lowest BCUT2D eigenvalue weighted by atomic mass is 10.0. The van der Waals surface area contributed by atoms with Crippen LogP contribution in [0, 0.1) is 5.82 Å². The SMILES string of the molecule is CC(=O)NC[C@H]1CN(c2ccc(-c3ccc(C[N+]4=CN=CC4)cc3)c(F)c2)C(=O)O1. The maximum absolute atomic E-state index is 14.8. The summed E-state index contributed by atoms with van der Waals surface area (Å²) in [5.74, 6) is -0.613. The Morgan fingerprint density at radius 1 is 1.30 bits per heavy atom. The molecule has 0 saturated carbocycles. The third-order valence-corrected chi connectivity index (χ3v) is 5.02. The van der Waals surface area contributed by atoms with Gasteiger partial charge < -0.3 is 10.1 Å². The van der Waals surface area contributed by atoms with Gasteiger partial charge in [-0.05, 0) is 29.3 Å². The second kappa shape index (κ2) is 8.44. The predicted molar refractivity (Wildman–Crippen MR) is 112 cm³/mol. The van der Waals surface area contributed by atoms with Crippen LogP contribution in [-0.2, 0) is 16.1 Å². The summed E-state index contributed by atoms with van der Waals surface area (Å²) >= 11 is 0. The number of aliphatic imine (C=N–C) groups is 1. The molecule has 2 aliphatic rings. The fraction of sp³-hybridized carbons (Fsp3) is 0.273. The van der Waals surface area contributed by atoms with Gasteiger partial charge in [0.1, 0.15) is 25.0 Å². The van der Waals surface area contributed by atoms with Gasteiger partial charge in [0.05, 0.1) is 18.8 Å². The van der Waals surface area contributed by atoms with E-state index in [-0.39, 0.29) is 19.0 Å². The van der Waals surface area contributed by atoms with E-state index in [9.17, 15) is 14.0 Å². The molecule has 0 aliphatic carbocycles. The largest absolute Gasteiger partial charge is 0.442 e. The van der Waals surface area contributed by atoms with E-state index in [1.165, 1.54) is 17.9 Å². The second-order valence-electron chi connectivity index (χ2n) is 7.29. The molecule has 30 heavy (non-hydrogen) atoms. The number of carbonyl (C=O) groups is 2. The molecule has 2 aromatic rings. The Morgan fingerprint density at radius 3 is 2.77 bits per heavy atom. The van der Waals surface area contributed by atoms with E-state index in [1.807, 2.05) is 30.5 Å². The van der Waals surface area contributed by atoms with Crippen molar-refractivity contribution in [1.29, 1.82) is 0 Å². The molecule has 0 unspecified atom stereocenters. The van der Waals surface area contributed by atoms with E-state index in [0.29, 0.717) is 11.3 Å². The van der Waals surface area contributed by atoms with Crippen LogP contribution in [0.4, 0.5) is 14.9 Å². The highest BCUT2D eigenvalue weighted by Gasteiger charge is 2.32. The molecule has 8 heteroatoms. The minimum absolute atomic E-state index is 0.196. The van der Waals surface area contributed by atoms with Crippen LogP contribution in [0.5, 0.6) is 0 Å². The fourth-order valence-corrected chi connectivity index (χ4v) is 3.47. The number of hydrogen-bond acceptors (Lipinski definition) is 4. The monoisotopic (exact) mass is 409 g/mol. The summed E-state index contributed by atoms with van der Waals surface area (Å²) < 4.78 is 22.1. The van der Waals surface area contributed by atoms with Crippen molar-refractivity contribution in [3.05, 3.63) is 53.8 Å². The molecule has 1 fully saturated rings. The Bertz CT molecular complexity index is 1030. The number of rotatable bonds is 6. The summed E-state index contributed by atoms with van der Waals surface area (Å²) in [6.45, 7) is 3.42. The van der Waals surface area contributed by atoms with Crippen LogP contribution in [-0.4, -0.2) is 54.9 Å². The summed E-state index contributed by atoms with van der Waals surface area (Å²) in [6.07, 6.45) is 2.64. The molecule has 2 amide bonds. The molecule has 2 heterocycles. The first kappa shape index (κ1) is 19.8. The lowest BCUT2D eigenvalue weighted by molar-refractivity contribution is -0.521. The molecule has 1 N–H and O–H groups in total. The van der Waals surface area contributed by atoms with E-state index in [1.54, 1.807) is 18.5 Å². The molecule has 0 radical (unpaired) electrons. The van der Waals surface area contributed by atoms with Crippen molar-refractivity contribution in [3.8, 4) is 11.1 Å². The van der Waals surface area contributed by atoms with Gasteiger partial charge in [-0.3, -0.25) is 14.3 Å². The first-order valence-corrected chi connectivity index (χ1v) is 9.70. The zero-order valence-corrected chi connectivity index (χ0v) is 16.5. The Balaban J connectivity index is 1.45. The lowest BCUT2D eigenvalue weighted by Gasteiger charge is -2.14. The summed E-state index contributed by atoms with van der Waals surface area (Å²) in [5, 5.41) is 2.62. The number of carbonyl (C=O) groups excluding carboxylic acids is 2. The van der Waals surface area contributed by atoms with Crippen LogP contribution in [0.1, 0.15) is 12.5 Å². The molecule has 2 aromatic carbocycles. The third-order valence-electron chi connectivity index (χ3n) is 5.02. The highest BCUT2D eigenvalue weighted by molar-refractivity contribution is 5.90. The van der Waals surface area contributed by atoms with E-state index in [0.717, 1.165) is 24.2 Å². The predicted octanol–water partition coefficient (Wildman–Crippen LogP) is 2.58. The number of ether oxygens (including phenoxy) is 1. The fourth-order valence-electron chi connectivity index (χ4n) is 3.47. The first-order chi connectivity index (χ1) is 14.5. The van der Waals surface area contributed by atoms with Crippen molar-refractivity contribution in [1.82, 2.24) is 5.32 Å². The van der Waals surface area contributed by atoms with E-state index in [2.05, 4.69) is 14.9 Å². The van der Waals surface area contributed by atoms with Crippen molar-refractivity contribution < 1.29 is 23.3 Å². The van der Waals surface area contributed by atoms with Gasteiger partial charge >= 0.3 is 6.09 Å². The van der Waals surface area contributed by atoms with Crippen LogP contribution in [0.25, 0.3) is 11.1 Å². The second-order valence-corrected chi connectivity index (χ2v) is 7.29. The van der Waals surface area contributed by atoms with Gasteiger partial charge in [0.15, 0.2) is 6.21 Å². The van der Waals surface area contributed by atoms with Crippen molar-refractivity contribution in [3.63, 3.8) is 0 Å². The number of nitrogens with zero attached hydrogens (tertiary/aromatic N) is 3. The molecule has 7 nitrogen and oxygen atoms in total. The number of amides is 2. The molecule has 154 valence electrons. The number of hydrogen-bond donors (Lipinski definition) is 1. The minimum Gasteiger partial charge on any atom is -0.442 e. The van der Waals surface area contributed by atoms with E-state index in [4.69, 9.17) is 4.74 Å². The molecule has 4 rings (SSSR count). The van der Waals surface area contributed by atoms with Gasteiger partial charge in [-0.15, -0.1) is 0 Å². The molecular weight excluding hydrogens is 387 g/mol. The van der Waals surface area contributed by atoms with Crippen LogP contribution in [0.15, 0.2) is 47.5 Å². The summed E-state index contributed by atoms with van der Waals surface area (Å²) in [7, 11) is 0.